The van der Waals surface area contributed by atoms with E-state index in [4.69, 9.17) is 0 Å². The molecule has 1 fully saturated rings. The topological polar surface area (TPSA) is 0 Å². The third-order valence-corrected chi connectivity index (χ3v) is 6.87. The maximum absolute atomic E-state index is 4.11. The van der Waals surface area contributed by atoms with Gasteiger partial charge in [-0.05, 0) is 66.5 Å². The van der Waals surface area contributed by atoms with Crippen LogP contribution in [0.3, 0.4) is 0 Å². The molecule has 3 rings (SSSR count). The average molecular weight is 335 g/mol. The minimum absolute atomic E-state index is 0.501. The molecule has 0 nitrogen and oxygen atoms in total. The van der Waals surface area contributed by atoms with E-state index >= 15 is 0 Å². The van der Waals surface area contributed by atoms with Gasteiger partial charge in [0.25, 0.3) is 0 Å². The van der Waals surface area contributed by atoms with Crippen LogP contribution in [0, 0.1) is 11.3 Å². The maximum Gasteiger partial charge on any atom is 0.0451 e. The summed E-state index contributed by atoms with van der Waals surface area (Å²) in [6.45, 7) is 4.75. The van der Waals surface area contributed by atoms with Crippen LogP contribution in [0.1, 0.15) is 73.9 Å². The summed E-state index contributed by atoms with van der Waals surface area (Å²) in [6.07, 6.45) is 10.9. The monoisotopic (exact) mass is 334 g/mol. The summed E-state index contributed by atoms with van der Waals surface area (Å²) in [5.41, 5.74) is 5.25. The van der Waals surface area contributed by atoms with Crippen LogP contribution in [0.5, 0.6) is 0 Å². The summed E-state index contributed by atoms with van der Waals surface area (Å²) in [5.74, 6) is 0.794. The highest BCUT2D eigenvalue weighted by Crippen LogP contribution is 2.55. The molecule has 2 aliphatic rings. The quantitative estimate of drug-likeness (QED) is 0.573. The standard InChI is InChI=1S/C19H27Br/c1-14(2)13-19(10-3-4-11-19)18(20)17-9-8-15-6-5-7-16(15)12-17/h8-9,12,14,18H,3-7,10-11,13H2,1-2H3. The van der Waals surface area contributed by atoms with Gasteiger partial charge < -0.3 is 0 Å². The van der Waals surface area contributed by atoms with Gasteiger partial charge in [0.1, 0.15) is 0 Å². The largest absolute Gasteiger partial charge is 0.0833 e. The van der Waals surface area contributed by atoms with Crippen molar-refractivity contribution in [2.24, 2.45) is 11.3 Å². The Labute approximate surface area is 132 Å². The lowest BCUT2D eigenvalue weighted by Crippen LogP contribution is -2.24. The molecular formula is C19H27Br. The number of rotatable bonds is 4. The SMILES string of the molecule is CC(C)CC1(C(Br)c2ccc3c(c2)CCC3)CCCC1. The van der Waals surface area contributed by atoms with E-state index in [9.17, 15) is 0 Å². The molecule has 1 aromatic rings. The number of hydrogen-bond donors (Lipinski definition) is 0. The summed E-state index contributed by atoms with van der Waals surface area (Å²) >= 11 is 4.11. The molecule has 110 valence electrons. The molecule has 0 saturated heterocycles. The molecule has 0 heterocycles. The molecular weight excluding hydrogens is 308 g/mol. The van der Waals surface area contributed by atoms with Gasteiger partial charge in [-0.15, -0.1) is 0 Å². The van der Waals surface area contributed by atoms with E-state index in [-0.39, 0.29) is 0 Å². The molecule has 0 bridgehead atoms. The van der Waals surface area contributed by atoms with Gasteiger partial charge in [-0.3, -0.25) is 0 Å². The average Bonchev–Trinajstić information content (AvgIpc) is 3.05. The zero-order valence-electron chi connectivity index (χ0n) is 12.9. The van der Waals surface area contributed by atoms with E-state index in [0.717, 1.165) is 5.92 Å². The van der Waals surface area contributed by atoms with Gasteiger partial charge in [0.05, 0.1) is 0 Å². The van der Waals surface area contributed by atoms with Gasteiger partial charge in [-0.2, -0.15) is 0 Å². The second-order valence-electron chi connectivity index (χ2n) is 7.41. The third kappa shape index (κ3) is 2.71. The molecule has 0 N–H and O–H groups in total. The van der Waals surface area contributed by atoms with E-state index < -0.39 is 0 Å². The van der Waals surface area contributed by atoms with E-state index in [1.165, 1.54) is 56.9 Å². The minimum Gasteiger partial charge on any atom is -0.0833 e. The predicted octanol–water partition coefficient (Wildman–Crippen LogP) is 6.22. The second kappa shape index (κ2) is 5.83. The van der Waals surface area contributed by atoms with Crippen LogP contribution in [0.4, 0.5) is 0 Å². The van der Waals surface area contributed by atoms with E-state index in [1.807, 2.05) is 0 Å². The number of hydrogen-bond acceptors (Lipinski definition) is 0. The number of alkyl halides is 1. The summed E-state index contributed by atoms with van der Waals surface area (Å²) in [5, 5.41) is 0. The molecule has 1 aromatic carbocycles. The Morgan fingerprint density at radius 3 is 2.45 bits per heavy atom. The zero-order chi connectivity index (χ0) is 14.2. The van der Waals surface area contributed by atoms with Crippen molar-refractivity contribution in [1.29, 1.82) is 0 Å². The molecule has 0 aliphatic heterocycles. The van der Waals surface area contributed by atoms with Gasteiger partial charge in [0, 0.05) is 4.83 Å². The van der Waals surface area contributed by atoms with Crippen molar-refractivity contribution in [2.45, 2.75) is 70.0 Å². The van der Waals surface area contributed by atoms with E-state index in [1.54, 1.807) is 11.1 Å². The Balaban J connectivity index is 1.87. The molecule has 0 radical (unpaired) electrons. The van der Waals surface area contributed by atoms with Crippen LogP contribution < -0.4 is 0 Å². The number of halogens is 1. The highest BCUT2D eigenvalue weighted by atomic mass is 79.9. The van der Waals surface area contributed by atoms with Crippen LogP contribution in [0.2, 0.25) is 0 Å². The molecule has 1 saturated carbocycles. The fraction of sp³-hybridized carbons (Fsp3) is 0.684. The Morgan fingerprint density at radius 1 is 1.05 bits per heavy atom. The molecule has 20 heavy (non-hydrogen) atoms. The van der Waals surface area contributed by atoms with Gasteiger partial charge in [0.15, 0.2) is 0 Å². The molecule has 0 aromatic heterocycles. The van der Waals surface area contributed by atoms with Crippen molar-refractivity contribution in [2.75, 3.05) is 0 Å². The summed E-state index contributed by atoms with van der Waals surface area (Å²) < 4.78 is 0. The number of benzene rings is 1. The van der Waals surface area contributed by atoms with E-state index in [2.05, 4.69) is 48.0 Å². The smallest absolute Gasteiger partial charge is 0.0451 e. The van der Waals surface area contributed by atoms with Crippen molar-refractivity contribution >= 4 is 15.9 Å². The normalized spacial score (nSPS) is 22.2. The Bertz CT molecular complexity index is 469. The second-order valence-corrected chi connectivity index (χ2v) is 8.33. The van der Waals surface area contributed by atoms with Crippen LogP contribution in [-0.4, -0.2) is 0 Å². The van der Waals surface area contributed by atoms with Crippen LogP contribution >= 0.6 is 15.9 Å². The minimum atomic E-state index is 0.501. The zero-order valence-corrected chi connectivity index (χ0v) is 14.5. The lowest BCUT2D eigenvalue weighted by molar-refractivity contribution is 0.230. The Morgan fingerprint density at radius 2 is 1.75 bits per heavy atom. The molecule has 0 amide bonds. The highest BCUT2D eigenvalue weighted by Gasteiger charge is 2.41. The first-order chi connectivity index (χ1) is 9.61. The van der Waals surface area contributed by atoms with Crippen LogP contribution in [0.15, 0.2) is 18.2 Å². The van der Waals surface area contributed by atoms with Gasteiger partial charge in [0.2, 0.25) is 0 Å². The molecule has 1 heteroatoms. The first kappa shape index (κ1) is 14.6. The van der Waals surface area contributed by atoms with Gasteiger partial charge in [-0.25, -0.2) is 0 Å². The molecule has 1 unspecified atom stereocenters. The molecule has 0 spiro atoms. The summed E-state index contributed by atoms with van der Waals surface area (Å²) in [7, 11) is 0. The first-order valence-corrected chi connectivity index (χ1v) is 9.28. The van der Waals surface area contributed by atoms with Crippen molar-refractivity contribution in [3.05, 3.63) is 34.9 Å². The van der Waals surface area contributed by atoms with E-state index in [0.29, 0.717) is 10.2 Å². The fourth-order valence-corrected chi connectivity index (χ4v) is 5.49. The Hall–Kier alpha value is -0.300. The van der Waals surface area contributed by atoms with Crippen LogP contribution in [0.25, 0.3) is 0 Å². The fourth-order valence-electron chi connectivity index (χ4n) is 4.56. The first-order valence-electron chi connectivity index (χ1n) is 8.36. The van der Waals surface area contributed by atoms with Crippen LogP contribution in [-0.2, 0) is 12.8 Å². The van der Waals surface area contributed by atoms with Crippen molar-refractivity contribution < 1.29 is 0 Å². The lowest BCUT2D eigenvalue weighted by Gasteiger charge is -2.36. The Kier molecular flexibility index (Phi) is 4.26. The third-order valence-electron chi connectivity index (χ3n) is 5.37. The summed E-state index contributed by atoms with van der Waals surface area (Å²) in [6, 6.07) is 7.29. The maximum atomic E-state index is 4.11. The number of fused-ring (bicyclic) bond motifs is 1. The highest BCUT2D eigenvalue weighted by molar-refractivity contribution is 9.09. The summed E-state index contributed by atoms with van der Waals surface area (Å²) in [4.78, 5) is 0.547. The van der Waals surface area contributed by atoms with Crippen molar-refractivity contribution in [3.8, 4) is 0 Å². The number of aryl methyl sites for hydroxylation is 2. The van der Waals surface area contributed by atoms with Crippen molar-refractivity contribution in [3.63, 3.8) is 0 Å². The predicted molar refractivity (Wildman–Crippen MR) is 90.5 cm³/mol. The van der Waals surface area contributed by atoms with Crippen molar-refractivity contribution in [1.82, 2.24) is 0 Å². The molecule has 2 aliphatic carbocycles. The molecule has 1 atom stereocenters. The van der Waals surface area contributed by atoms with Gasteiger partial charge in [-0.1, -0.05) is 60.8 Å². The van der Waals surface area contributed by atoms with Gasteiger partial charge >= 0.3 is 0 Å². The lowest BCUT2D eigenvalue weighted by atomic mass is 9.74.